The van der Waals surface area contributed by atoms with Crippen LogP contribution in [0.5, 0.6) is 0 Å². The predicted molar refractivity (Wildman–Crippen MR) is 57.5 cm³/mol. The molecule has 0 amide bonds. The summed E-state index contributed by atoms with van der Waals surface area (Å²) in [7, 11) is 0. The van der Waals surface area contributed by atoms with Crippen LogP contribution in [-0.2, 0) is 0 Å². The highest BCUT2D eigenvalue weighted by Gasteiger charge is 2.07. The van der Waals surface area contributed by atoms with Gasteiger partial charge in [-0.1, -0.05) is 36.0 Å². The second-order valence-corrected chi connectivity index (χ2v) is 3.84. The molecular formula is C13H16. The van der Waals surface area contributed by atoms with Crippen LogP contribution in [0.25, 0.3) is 0 Å². The Morgan fingerprint density at radius 1 is 1.08 bits per heavy atom. The molecule has 2 aliphatic rings. The van der Waals surface area contributed by atoms with Gasteiger partial charge >= 0.3 is 0 Å². The molecule has 0 bridgehead atoms. The lowest BCUT2D eigenvalue weighted by Gasteiger charge is -2.14. The highest BCUT2D eigenvalue weighted by atomic mass is 14.1. The van der Waals surface area contributed by atoms with Gasteiger partial charge in [0.05, 0.1) is 0 Å². The van der Waals surface area contributed by atoms with E-state index in [-0.39, 0.29) is 0 Å². The van der Waals surface area contributed by atoms with Crippen molar-refractivity contribution < 1.29 is 0 Å². The zero-order valence-corrected chi connectivity index (χ0v) is 8.22. The summed E-state index contributed by atoms with van der Waals surface area (Å²) in [6, 6.07) is 0. The summed E-state index contributed by atoms with van der Waals surface area (Å²) in [6.45, 7) is 2.21. The van der Waals surface area contributed by atoms with Gasteiger partial charge in [0.2, 0.25) is 0 Å². The Morgan fingerprint density at radius 2 is 2.00 bits per heavy atom. The summed E-state index contributed by atoms with van der Waals surface area (Å²) in [5.41, 5.74) is 4.47. The topological polar surface area (TPSA) is 0 Å². The molecule has 2 aliphatic carbocycles. The summed E-state index contributed by atoms with van der Waals surface area (Å²) in [5, 5.41) is 0. The Bertz CT molecular complexity index is 311. The smallest absolute Gasteiger partial charge is 0.0236 e. The quantitative estimate of drug-likeness (QED) is 0.562. The fourth-order valence-electron chi connectivity index (χ4n) is 1.83. The number of hydrogen-bond donors (Lipinski definition) is 0. The van der Waals surface area contributed by atoms with Crippen LogP contribution < -0.4 is 0 Å². The first-order valence-electron chi connectivity index (χ1n) is 5.09. The van der Waals surface area contributed by atoms with E-state index in [1.165, 1.54) is 42.4 Å². The Kier molecular flexibility index (Phi) is 2.49. The first-order chi connectivity index (χ1) is 6.36. The molecular weight excluding hydrogens is 156 g/mol. The zero-order chi connectivity index (χ0) is 9.10. The van der Waals surface area contributed by atoms with Gasteiger partial charge in [-0.25, -0.2) is 0 Å². The maximum Gasteiger partial charge on any atom is -0.0236 e. The summed E-state index contributed by atoms with van der Waals surface area (Å²) in [5.74, 6) is 0. The average Bonchev–Trinajstić information content (AvgIpc) is 2.20. The highest BCUT2D eigenvalue weighted by molar-refractivity contribution is 5.45. The van der Waals surface area contributed by atoms with Gasteiger partial charge in [-0.05, 0) is 43.8 Å². The molecule has 0 aliphatic heterocycles. The molecule has 0 aromatic carbocycles. The third-order valence-corrected chi connectivity index (χ3v) is 2.72. The Labute approximate surface area is 80.3 Å². The fourth-order valence-corrected chi connectivity index (χ4v) is 1.83. The molecule has 0 aromatic rings. The maximum atomic E-state index is 2.36. The lowest BCUT2D eigenvalue weighted by Crippen LogP contribution is -1.95. The van der Waals surface area contributed by atoms with E-state index in [2.05, 4.69) is 37.3 Å². The minimum atomic E-state index is 1.21. The zero-order valence-electron chi connectivity index (χ0n) is 8.22. The van der Waals surface area contributed by atoms with E-state index in [1.54, 1.807) is 0 Å². The molecule has 0 saturated heterocycles. The molecule has 0 atom stereocenters. The van der Waals surface area contributed by atoms with Crippen molar-refractivity contribution in [3.05, 3.63) is 47.1 Å². The van der Waals surface area contributed by atoms with Crippen molar-refractivity contribution in [1.82, 2.24) is 0 Å². The van der Waals surface area contributed by atoms with E-state index in [1.807, 2.05) is 0 Å². The van der Waals surface area contributed by atoms with Crippen LogP contribution in [0.1, 0.15) is 32.6 Å². The van der Waals surface area contributed by atoms with E-state index in [9.17, 15) is 0 Å². The first kappa shape index (κ1) is 8.55. The fraction of sp³-hybridized carbons (Fsp3) is 0.385. The van der Waals surface area contributed by atoms with Gasteiger partial charge in [0, 0.05) is 0 Å². The molecule has 0 heteroatoms. The normalized spacial score (nSPS) is 22.1. The molecule has 0 heterocycles. The summed E-state index contributed by atoms with van der Waals surface area (Å²) >= 11 is 0. The van der Waals surface area contributed by atoms with Crippen LogP contribution >= 0.6 is 0 Å². The Morgan fingerprint density at radius 3 is 2.62 bits per heavy atom. The van der Waals surface area contributed by atoms with E-state index in [0.717, 1.165) is 0 Å². The van der Waals surface area contributed by atoms with Gasteiger partial charge in [0.15, 0.2) is 0 Å². The van der Waals surface area contributed by atoms with Crippen molar-refractivity contribution >= 4 is 0 Å². The summed E-state index contributed by atoms with van der Waals surface area (Å²) in [4.78, 5) is 0. The first-order valence-corrected chi connectivity index (χ1v) is 5.09. The second kappa shape index (κ2) is 3.78. The van der Waals surface area contributed by atoms with Gasteiger partial charge < -0.3 is 0 Å². The molecule has 0 fully saturated rings. The minimum absolute atomic E-state index is 1.21. The maximum absolute atomic E-state index is 2.36. The monoisotopic (exact) mass is 172 g/mol. The Balaban J connectivity index is 2.17. The van der Waals surface area contributed by atoms with Crippen molar-refractivity contribution in [3.8, 4) is 0 Å². The van der Waals surface area contributed by atoms with Crippen LogP contribution in [0.15, 0.2) is 47.1 Å². The Hall–Kier alpha value is -1.04. The van der Waals surface area contributed by atoms with Crippen LogP contribution in [-0.4, -0.2) is 0 Å². The molecule has 0 N–H and O–H groups in total. The van der Waals surface area contributed by atoms with Gasteiger partial charge in [0.25, 0.3) is 0 Å². The van der Waals surface area contributed by atoms with Crippen molar-refractivity contribution in [3.63, 3.8) is 0 Å². The SMILES string of the molecule is CC1=CC=C(C2=CCCC=C2)CC1. The lowest BCUT2D eigenvalue weighted by atomic mass is 9.91. The minimum Gasteiger partial charge on any atom is -0.0836 e. The van der Waals surface area contributed by atoms with E-state index < -0.39 is 0 Å². The molecule has 0 saturated carbocycles. The predicted octanol–water partition coefficient (Wildman–Crippen LogP) is 3.93. The molecule has 2 rings (SSSR count). The van der Waals surface area contributed by atoms with E-state index in [4.69, 9.17) is 0 Å². The van der Waals surface area contributed by atoms with Crippen molar-refractivity contribution in [2.75, 3.05) is 0 Å². The molecule has 0 spiro atoms. The van der Waals surface area contributed by atoms with Crippen molar-refractivity contribution in [1.29, 1.82) is 0 Å². The number of hydrogen-bond acceptors (Lipinski definition) is 0. The van der Waals surface area contributed by atoms with Crippen molar-refractivity contribution in [2.24, 2.45) is 0 Å². The number of allylic oxidation sites excluding steroid dienone is 8. The van der Waals surface area contributed by atoms with E-state index >= 15 is 0 Å². The largest absolute Gasteiger partial charge is 0.0836 e. The van der Waals surface area contributed by atoms with Crippen LogP contribution in [0.3, 0.4) is 0 Å². The van der Waals surface area contributed by atoms with Gasteiger partial charge in [-0.2, -0.15) is 0 Å². The van der Waals surface area contributed by atoms with Crippen molar-refractivity contribution in [2.45, 2.75) is 32.6 Å². The lowest BCUT2D eigenvalue weighted by molar-refractivity contribution is 0.907. The third-order valence-electron chi connectivity index (χ3n) is 2.72. The van der Waals surface area contributed by atoms with Crippen LogP contribution in [0, 0.1) is 0 Å². The number of rotatable bonds is 1. The van der Waals surface area contributed by atoms with Gasteiger partial charge in [-0.15, -0.1) is 0 Å². The highest BCUT2D eigenvalue weighted by Crippen LogP contribution is 2.26. The summed E-state index contributed by atoms with van der Waals surface area (Å²) < 4.78 is 0. The standard InChI is InChI=1S/C13H16/c1-11-7-9-13(10-8-11)12-5-3-2-4-6-12/h3,5-7,9H,2,4,8,10H2,1H3. The van der Waals surface area contributed by atoms with Gasteiger partial charge in [0.1, 0.15) is 0 Å². The molecule has 0 aromatic heterocycles. The average molecular weight is 172 g/mol. The van der Waals surface area contributed by atoms with E-state index in [0.29, 0.717) is 0 Å². The second-order valence-electron chi connectivity index (χ2n) is 3.84. The van der Waals surface area contributed by atoms with Gasteiger partial charge in [-0.3, -0.25) is 0 Å². The molecule has 68 valence electrons. The van der Waals surface area contributed by atoms with Crippen LogP contribution in [0.4, 0.5) is 0 Å². The molecule has 13 heavy (non-hydrogen) atoms. The molecule has 0 nitrogen and oxygen atoms in total. The molecule has 0 radical (unpaired) electrons. The van der Waals surface area contributed by atoms with Crippen LogP contribution in [0.2, 0.25) is 0 Å². The summed E-state index contributed by atoms with van der Waals surface area (Å²) in [6.07, 6.45) is 16.3. The third kappa shape index (κ3) is 2.00. The molecule has 0 unspecified atom stereocenters.